The average molecular weight is 302 g/mol. The number of carbonyl (C=O) groups excluding carboxylic acids is 1. The van der Waals surface area contributed by atoms with Crippen LogP contribution in [0.15, 0.2) is 45.6 Å². The van der Waals surface area contributed by atoms with Crippen LogP contribution in [0.1, 0.15) is 5.76 Å². The molecular formula is C12H10N6O2S. The number of carbonyl (C=O) groups is 1. The second-order valence-electron chi connectivity index (χ2n) is 3.88. The molecule has 0 saturated heterocycles. The number of nitrogens with zero attached hydrogens (tertiary/aromatic N) is 4. The molecule has 21 heavy (non-hydrogen) atoms. The van der Waals surface area contributed by atoms with Crippen LogP contribution in [0.4, 0.5) is 0 Å². The molecule has 0 radical (unpaired) electrons. The lowest BCUT2D eigenvalue weighted by Gasteiger charge is -2.00. The van der Waals surface area contributed by atoms with E-state index in [0.29, 0.717) is 16.4 Å². The van der Waals surface area contributed by atoms with Crippen LogP contribution in [0.25, 0.3) is 11.2 Å². The molecule has 0 unspecified atom stereocenters. The maximum absolute atomic E-state index is 11.7. The minimum Gasteiger partial charge on any atom is -0.463 e. The van der Waals surface area contributed by atoms with Crippen molar-refractivity contribution in [3.05, 3.63) is 36.8 Å². The third kappa shape index (κ3) is 3.26. The third-order valence-corrected chi connectivity index (χ3v) is 3.44. The molecule has 0 atom stereocenters. The van der Waals surface area contributed by atoms with Gasteiger partial charge in [0, 0.05) is 0 Å². The molecular weight excluding hydrogens is 292 g/mol. The molecule has 0 aliphatic heterocycles. The molecule has 0 saturated carbocycles. The molecule has 3 rings (SSSR count). The fraction of sp³-hybridized carbons (Fsp3) is 0.0833. The van der Waals surface area contributed by atoms with E-state index in [0.717, 1.165) is 5.52 Å². The highest BCUT2D eigenvalue weighted by Crippen LogP contribution is 2.21. The van der Waals surface area contributed by atoms with E-state index in [1.54, 1.807) is 12.1 Å². The van der Waals surface area contributed by atoms with Gasteiger partial charge in [-0.1, -0.05) is 11.8 Å². The van der Waals surface area contributed by atoms with Crippen LogP contribution in [0.2, 0.25) is 0 Å². The maximum Gasteiger partial charge on any atom is 0.250 e. The van der Waals surface area contributed by atoms with Crippen LogP contribution in [0.5, 0.6) is 0 Å². The Morgan fingerprint density at radius 2 is 2.43 bits per heavy atom. The molecule has 1 amide bonds. The fourth-order valence-corrected chi connectivity index (χ4v) is 2.30. The van der Waals surface area contributed by atoms with E-state index in [1.807, 2.05) is 0 Å². The first-order valence-corrected chi connectivity index (χ1v) is 6.94. The lowest BCUT2D eigenvalue weighted by molar-refractivity contribution is -0.118. The SMILES string of the molecule is O=C(CSc1ncnc2nc[nH]c12)N/N=C\c1ccco1. The number of thioether (sulfide) groups is 1. The van der Waals surface area contributed by atoms with E-state index in [1.165, 1.54) is 36.9 Å². The Kier molecular flexibility index (Phi) is 3.92. The summed E-state index contributed by atoms with van der Waals surface area (Å²) in [6, 6.07) is 3.48. The number of hydrazone groups is 1. The van der Waals surface area contributed by atoms with E-state index in [-0.39, 0.29) is 11.7 Å². The van der Waals surface area contributed by atoms with Crippen molar-refractivity contribution in [1.82, 2.24) is 25.4 Å². The van der Waals surface area contributed by atoms with Gasteiger partial charge in [0.1, 0.15) is 22.6 Å². The van der Waals surface area contributed by atoms with Crippen molar-refractivity contribution < 1.29 is 9.21 Å². The number of furan rings is 1. The first-order valence-electron chi connectivity index (χ1n) is 5.95. The number of hydrogen-bond donors (Lipinski definition) is 2. The summed E-state index contributed by atoms with van der Waals surface area (Å²) in [4.78, 5) is 26.8. The van der Waals surface area contributed by atoms with Gasteiger partial charge in [0.25, 0.3) is 0 Å². The van der Waals surface area contributed by atoms with Crippen molar-refractivity contribution in [3.63, 3.8) is 0 Å². The van der Waals surface area contributed by atoms with Crippen LogP contribution >= 0.6 is 11.8 Å². The maximum atomic E-state index is 11.7. The molecule has 0 bridgehead atoms. The molecule has 0 aromatic carbocycles. The van der Waals surface area contributed by atoms with Gasteiger partial charge >= 0.3 is 0 Å². The first kappa shape index (κ1) is 13.3. The first-order chi connectivity index (χ1) is 10.3. The van der Waals surface area contributed by atoms with Gasteiger partial charge in [-0.15, -0.1) is 0 Å². The summed E-state index contributed by atoms with van der Waals surface area (Å²) in [6.07, 6.45) is 5.92. The van der Waals surface area contributed by atoms with Gasteiger partial charge in [-0.05, 0) is 12.1 Å². The largest absolute Gasteiger partial charge is 0.463 e. The molecule has 0 spiro atoms. The van der Waals surface area contributed by atoms with E-state index < -0.39 is 0 Å². The molecule has 8 nitrogen and oxygen atoms in total. The van der Waals surface area contributed by atoms with Crippen LogP contribution < -0.4 is 5.43 Å². The molecule has 3 aromatic heterocycles. The summed E-state index contributed by atoms with van der Waals surface area (Å²) in [5, 5.41) is 4.46. The van der Waals surface area contributed by atoms with Gasteiger partial charge in [-0.3, -0.25) is 4.79 Å². The predicted octanol–water partition coefficient (Wildman–Crippen LogP) is 1.19. The molecule has 0 aliphatic rings. The third-order valence-electron chi connectivity index (χ3n) is 2.45. The second kappa shape index (κ2) is 6.18. The minimum absolute atomic E-state index is 0.181. The molecule has 3 heterocycles. The summed E-state index contributed by atoms with van der Waals surface area (Å²) in [5.74, 6) is 0.507. The van der Waals surface area contributed by atoms with Crippen molar-refractivity contribution in [2.24, 2.45) is 5.10 Å². The van der Waals surface area contributed by atoms with Crippen molar-refractivity contribution in [2.45, 2.75) is 5.03 Å². The number of amides is 1. The van der Waals surface area contributed by atoms with E-state index in [2.05, 4.69) is 30.5 Å². The van der Waals surface area contributed by atoms with E-state index in [9.17, 15) is 4.79 Å². The molecule has 0 aliphatic carbocycles. The highest BCUT2D eigenvalue weighted by atomic mass is 32.2. The number of fused-ring (bicyclic) bond motifs is 1. The number of aromatic nitrogens is 4. The number of aromatic amines is 1. The Bertz CT molecular complexity index is 767. The number of H-pyrrole nitrogens is 1. The van der Waals surface area contributed by atoms with Gasteiger partial charge in [0.05, 0.1) is 24.6 Å². The number of nitrogens with one attached hydrogen (secondary N) is 2. The Labute approximate surface area is 123 Å². The van der Waals surface area contributed by atoms with Gasteiger partial charge < -0.3 is 9.40 Å². The van der Waals surface area contributed by atoms with Crippen LogP contribution in [0.3, 0.4) is 0 Å². The summed E-state index contributed by atoms with van der Waals surface area (Å²) in [6.45, 7) is 0. The second-order valence-corrected chi connectivity index (χ2v) is 4.84. The lowest BCUT2D eigenvalue weighted by atomic mass is 10.5. The normalized spacial score (nSPS) is 11.2. The highest BCUT2D eigenvalue weighted by molar-refractivity contribution is 8.00. The average Bonchev–Trinajstić information content (AvgIpc) is 3.16. The fourth-order valence-electron chi connectivity index (χ4n) is 1.55. The number of hydrogen-bond acceptors (Lipinski definition) is 7. The summed E-state index contributed by atoms with van der Waals surface area (Å²) in [7, 11) is 0. The van der Waals surface area contributed by atoms with Crippen molar-refractivity contribution >= 4 is 35.0 Å². The van der Waals surface area contributed by atoms with E-state index >= 15 is 0 Å². The van der Waals surface area contributed by atoms with Gasteiger partial charge in [0.15, 0.2) is 5.65 Å². The Morgan fingerprint density at radius 1 is 1.48 bits per heavy atom. The van der Waals surface area contributed by atoms with Gasteiger partial charge in [-0.2, -0.15) is 5.10 Å². The number of imidazole rings is 1. The minimum atomic E-state index is -0.242. The Balaban J connectivity index is 1.55. The van der Waals surface area contributed by atoms with Crippen molar-refractivity contribution in [2.75, 3.05) is 5.75 Å². The van der Waals surface area contributed by atoms with Crippen LogP contribution in [-0.2, 0) is 4.79 Å². The molecule has 3 aromatic rings. The summed E-state index contributed by atoms with van der Waals surface area (Å²) < 4.78 is 5.05. The molecule has 0 fully saturated rings. The lowest BCUT2D eigenvalue weighted by Crippen LogP contribution is -2.19. The summed E-state index contributed by atoms with van der Waals surface area (Å²) >= 11 is 1.28. The summed E-state index contributed by atoms with van der Waals surface area (Å²) in [5.41, 5.74) is 3.70. The number of rotatable bonds is 5. The van der Waals surface area contributed by atoms with Crippen LogP contribution in [-0.4, -0.2) is 37.8 Å². The topological polar surface area (TPSA) is 109 Å². The monoisotopic (exact) mass is 302 g/mol. The van der Waals surface area contributed by atoms with Crippen molar-refractivity contribution in [3.8, 4) is 0 Å². The molecule has 9 heteroatoms. The Hall–Kier alpha value is -2.68. The zero-order valence-corrected chi connectivity index (χ0v) is 11.5. The highest BCUT2D eigenvalue weighted by Gasteiger charge is 2.08. The predicted molar refractivity (Wildman–Crippen MR) is 76.9 cm³/mol. The Morgan fingerprint density at radius 3 is 3.29 bits per heavy atom. The van der Waals surface area contributed by atoms with Gasteiger partial charge in [0.2, 0.25) is 5.91 Å². The quantitative estimate of drug-likeness (QED) is 0.317. The zero-order valence-electron chi connectivity index (χ0n) is 10.7. The van der Waals surface area contributed by atoms with E-state index in [4.69, 9.17) is 4.42 Å². The smallest absolute Gasteiger partial charge is 0.250 e. The molecule has 106 valence electrons. The molecule has 2 N–H and O–H groups in total. The van der Waals surface area contributed by atoms with Crippen molar-refractivity contribution in [1.29, 1.82) is 0 Å². The van der Waals surface area contributed by atoms with Crippen LogP contribution in [0, 0.1) is 0 Å². The standard InChI is InChI=1S/C12H10N6O2S/c19-9(18-17-4-8-2-1-3-20-8)5-21-12-10-11(14-6-13-10)15-7-16-12/h1-4,6-7H,5H2,(H,18,19)(H,13,14,15,16)/b17-4-. The van der Waals surface area contributed by atoms with Gasteiger partial charge in [-0.25, -0.2) is 20.4 Å². The zero-order chi connectivity index (χ0) is 14.5.